The van der Waals surface area contributed by atoms with E-state index < -0.39 is 0 Å². The van der Waals surface area contributed by atoms with E-state index in [0.29, 0.717) is 6.04 Å². The van der Waals surface area contributed by atoms with Crippen molar-refractivity contribution in [1.29, 1.82) is 0 Å². The van der Waals surface area contributed by atoms with Crippen molar-refractivity contribution in [2.24, 2.45) is 0 Å². The minimum atomic E-state index is 0.700. The van der Waals surface area contributed by atoms with Crippen LogP contribution in [0, 0.1) is 0 Å². The molecule has 1 aliphatic rings. The van der Waals surface area contributed by atoms with Crippen LogP contribution in [0.1, 0.15) is 26.2 Å². The van der Waals surface area contributed by atoms with Crippen LogP contribution in [0.15, 0.2) is 12.4 Å². The highest BCUT2D eigenvalue weighted by Crippen LogP contribution is 2.30. The third-order valence-corrected chi connectivity index (χ3v) is 2.62. The Morgan fingerprint density at radius 2 is 2.27 bits per heavy atom. The van der Waals surface area contributed by atoms with E-state index in [1.807, 2.05) is 13.2 Å². The van der Waals surface area contributed by atoms with Gasteiger partial charge in [0.05, 0.1) is 12.4 Å². The summed E-state index contributed by atoms with van der Waals surface area (Å²) in [6, 6.07) is 0.700. The molecule has 1 fully saturated rings. The molecule has 0 bridgehead atoms. The molecular weight excluding hydrogens is 188 g/mol. The van der Waals surface area contributed by atoms with Crippen LogP contribution in [-0.2, 0) is 0 Å². The number of aromatic nitrogens is 2. The highest BCUT2D eigenvalue weighted by Gasteiger charge is 2.29. The Morgan fingerprint density at radius 1 is 1.47 bits per heavy atom. The van der Waals surface area contributed by atoms with Gasteiger partial charge in [0.15, 0.2) is 0 Å². The molecule has 0 amide bonds. The highest BCUT2D eigenvalue weighted by molar-refractivity contribution is 5.45. The minimum Gasteiger partial charge on any atom is -0.372 e. The zero-order valence-electron chi connectivity index (χ0n) is 9.40. The molecule has 0 radical (unpaired) electrons. The van der Waals surface area contributed by atoms with Crippen molar-refractivity contribution in [2.75, 3.05) is 23.8 Å². The lowest BCUT2D eigenvalue weighted by Gasteiger charge is -2.22. The predicted octanol–water partition coefficient (Wildman–Crippen LogP) is 1.90. The predicted molar refractivity (Wildman–Crippen MR) is 62.2 cm³/mol. The van der Waals surface area contributed by atoms with E-state index in [9.17, 15) is 0 Å². The van der Waals surface area contributed by atoms with Crippen LogP contribution in [0.3, 0.4) is 0 Å². The first-order valence-electron chi connectivity index (χ1n) is 5.61. The van der Waals surface area contributed by atoms with Gasteiger partial charge in [-0.3, -0.25) is 4.98 Å². The monoisotopic (exact) mass is 206 g/mol. The summed E-state index contributed by atoms with van der Waals surface area (Å²) in [7, 11) is 1.87. The summed E-state index contributed by atoms with van der Waals surface area (Å²) in [6.07, 6.45) is 7.36. The van der Waals surface area contributed by atoms with Gasteiger partial charge in [0.25, 0.3) is 0 Å². The minimum absolute atomic E-state index is 0.700. The summed E-state index contributed by atoms with van der Waals surface area (Å²) in [5.74, 6) is 1.85. The normalized spacial score (nSPS) is 15.1. The topological polar surface area (TPSA) is 41.1 Å². The van der Waals surface area contributed by atoms with E-state index in [-0.39, 0.29) is 0 Å². The molecule has 1 aromatic heterocycles. The van der Waals surface area contributed by atoms with E-state index in [4.69, 9.17) is 0 Å². The van der Waals surface area contributed by atoms with Gasteiger partial charge in [-0.1, -0.05) is 6.92 Å². The maximum Gasteiger partial charge on any atom is 0.149 e. The summed E-state index contributed by atoms with van der Waals surface area (Å²) >= 11 is 0. The zero-order valence-corrected chi connectivity index (χ0v) is 9.40. The lowest BCUT2D eigenvalue weighted by molar-refractivity contribution is 0.748. The van der Waals surface area contributed by atoms with Gasteiger partial charge in [-0.25, -0.2) is 4.98 Å². The molecule has 1 saturated carbocycles. The van der Waals surface area contributed by atoms with Gasteiger partial charge in [-0.2, -0.15) is 0 Å². The fourth-order valence-corrected chi connectivity index (χ4v) is 1.73. The average molecular weight is 206 g/mol. The number of hydrogen-bond donors (Lipinski definition) is 1. The van der Waals surface area contributed by atoms with Gasteiger partial charge in [0.1, 0.15) is 11.6 Å². The third-order valence-electron chi connectivity index (χ3n) is 2.62. The van der Waals surface area contributed by atoms with Gasteiger partial charge in [0, 0.05) is 19.6 Å². The van der Waals surface area contributed by atoms with Gasteiger partial charge in [-0.05, 0) is 19.3 Å². The average Bonchev–Trinajstić information content (AvgIpc) is 3.10. The molecular formula is C11H18N4. The molecule has 4 nitrogen and oxygen atoms in total. The molecule has 1 N–H and O–H groups in total. The Bertz CT molecular complexity index is 322. The van der Waals surface area contributed by atoms with Gasteiger partial charge >= 0.3 is 0 Å². The molecule has 0 spiro atoms. The Balaban J connectivity index is 2.16. The first-order valence-corrected chi connectivity index (χ1v) is 5.61. The molecule has 1 heterocycles. The van der Waals surface area contributed by atoms with Crippen molar-refractivity contribution < 1.29 is 0 Å². The molecule has 4 heteroatoms. The standard InChI is InChI=1S/C11H18N4/c1-3-6-15(9-4-5-9)11-8-13-7-10(12-2)14-11/h7-9H,3-6H2,1-2H3,(H,12,14). The smallest absolute Gasteiger partial charge is 0.149 e. The number of nitrogens with zero attached hydrogens (tertiary/aromatic N) is 3. The van der Waals surface area contributed by atoms with Crippen LogP contribution in [0.5, 0.6) is 0 Å². The van der Waals surface area contributed by atoms with Crippen LogP contribution in [-0.4, -0.2) is 29.6 Å². The Morgan fingerprint density at radius 3 is 2.87 bits per heavy atom. The lowest BCUT2D eigenvalue weighted by atomic mass is 10.4. The van der Waals surface area contributed by atoms with Crippen molar-refractivity contribution in [3.8, 4) is 0 Å². The van der Waals surface area contributed by atoms with Crippen molar-refractivity contribution >= 4 is 11.6 Å². The second kappa shape index (κ2) is 4.47. The van der Waals surface area contributed by atoms with Crippen LogP contribution < -0.4 is 10.2 Å². The summed E-state index contributed by atoms with van der Waals surface area (Å²) in [5, 5.41) is 3.02. The van der Waals surface area contributed by atoms with Crippen molar-refractivity contribution in [3.05, 3.63) is 12.4 Å². The van der Waals surface area contributed by atoms with Crippen LogP contribution >= 0.6 is 0 Å². The molecule has 0 aromatic carbocycles. The first-order chi connectivity index (χ1) is 7.35. The third kappa shape index (κ3) is 2.37. The quantitative estimate of drug-likeness (QED) is 0.799. The SMILES string of the molecule is CCCN(c1cncc(NC)n1)C1CC1. The van der Waals surface area contributed by atoms with E-state index in [2.05, 4.69) is 27.1 Å². The first kappa shape index (κ1) is 10.2. The lowest BCUT2D eigenvalue weighted by Crippen LogP contribution is -2.27. The van der Waals surface area contributed by atoms with Crippen LogP contribution in [0.2, 0.25) is 0 Å². The maximum absolute atomic E-state index is 4.52. The molecule has 1 aromatic rings. The molecule has 82 valence electrons. The van der Waals surface area contributed by atoms with E-state index in [1.54, 1.807) is 6.20 Å². The fraction of sp³-hybridized carbons (Fsp3) is 0.636. The van der Waals surface area contributed by atoms with E-state index in [1.165, 1.54) is 12.8 Å². The zero-order chi connectivity index (χ0) is 10.7. The molecule has 0 atom stereocenters. The fourth-order valence-electron chi connectivity index (χ4n) is 1.73. The van der Waals surface area contributed by atoms with Gasteiger partial charge in [0.2, 0.25) is 0 Å². The van der Waals surface area contributed by atoms with Crippen molar-refractivity contribution in [3.63, 3.8) is 0 Å². The molecule has 15 heavy (non-hydrogen) atoms. The van der Waals surface area contributed by atoms with Gasteiger partial charge < -0.3 is 10.2 Å². The summed E-state index contributed by atoms with van der Waals surface area (Å²) < 4.78 is 0. The van der Waals surface area contributed by atoms with Crippen LogP contribution in [0.25, 0.3) is 0 Å². The summed E-state index contributed by atoms with van der Waals surface area (Å²) in [4.78, 5) is 11.1. The molecule has 0 unspecified atom stereocenters. The molecule has 1 aliphatic carbocycles. The van der Waals surface area contributed by atoms with E-state index in [0.717, 1.165) is 24.6 Å². The largest absolute Gasteiger partial charge is 0.372 e. The number of hydrogen-bond acceptors (Lipinski definition) is 4. The molecule has 0 aliphatic heterocycles. The second-order valence-corrected chi connectivity index (χ2v) is 3.94. The van der Waals surface area contributed by atoms with Crippen LogP contribution in [0.4, 0.5) is 11.6 Å². The number of nitrogens with one attached hydrogen (secondary N) is 1. The summed E-state index contributed by atoms with van der Waals surface area (Å²) in [5.41, 5.74) is 0. The Hall–Kier alpha value is -1.32. The summed E-state index contributed by atoms with van der Waals surface area (Å²) in [6.45, 7) is 3.28. The molecule has 0 saturated heterocycles. The second-order valence-electron chi connectivity index (χ2n) is 3.94. The van der Waals surface area contributed by atoms with E-state index >= 15 is 0 Å². The number of rotatable bonds is 5. The number of anilines is 2. The highest BCUT2D eigenvalue weighted by atomic mass is 15.2. The Labute approximate surface area is 90.7 Å². The molecule has 2 rings (SSSR count). The van der Waals surface area contributed by atoms with Crippen molar-refractivity contribution in [1.82, 2.24) is 9.97 Å². The van der Waals surface area contributed by atoms with Gasteiger partial charge in [-0.15, -0.1) is 0 Å². The van der Waals surface area contributed by atoms with Crippen molar-refractivity contribution in [2.45, 2.75) is 32.2 Å². The maximum atomic E-state index is 4.52. The Kier molecular flexibility index (Phi) is 3.04.